The first kappa shape index (κ1) is 16.7. The molecule has 0 saturated carbocycles. The molecule has 3 amide bonds. The van der Waals surface area contributed by atoms with E-state index in [9.17, 15) is 14.4 Å². The Balaban J connectivity index is 2.41. The summed E-state index contributed by atoms with van der Waals surface area (Å²) in [6.07, 6.45) is 0. The van der Waals surface area contributed by atoms with Gasteiger partial charge in [-0.1, -0.05) is 18.2 Å². The van der Waals surface area contributed by atoms with Crippen LogP contribution in [-0.4, -0.2) is 36.3 Å². The summed E-state index contributed by atoms with van der Waals surface area (Å²) in [5, 5.41) is 7.72. The molecule has 3 N–H and O–H groups in total. The van der Waals surface area contributed by atoms with Gasteiger partial charge in [0.25, 0.3) is 5.91 Å². The molecule has 1 rings (SSSR count). The molecule has 0 fully saturated rings. The number of amides is 3. The Morgan fingerprint density at radius 1 is 1.00 bits per heavy atom. The Bertz CT molecular complexity index is 500. The zero-order valence-corrected chi connectivity index (χ0v) is 12.5. The highest BCUT2D eigenvalue weighted by Gasteiger charge is 2.17. The third kappa shape index (κ3) is 6.07. The average Bonchev–Trinajstić information content (AvgIpc) is 2.44. The second-order valence-corrected chi connectivity index (χ2v) is 5.00. The van der Waals surface area contributed by atoms with Gasteiger partial charge in [-0.2, -0.15) is 0 Å². The number of rotatable bonds is 6. The maximum Gasteiger partial charge on any atom is 0.251 e. The highest BCUT2D eigenvalue weighted by Crippen LogP contribution is 1.98. The van der Waals surface area contributed by atoms with Crippen LogP contribution in [0.25, 0.3) is 0 Å². The molecule has 1 atom stereocenters. The van der Waals surface area contributed by atoms with E-state index in [4.69, 9.17) is 0 Å². The molecule has 21 heavy (non-hydrogen) atoms. The van der Waals surface area contributed by atoms with Crippen LogP contribution in [0.4, 0.5) is 0 Å². The fraction of sp³-hybridized carbons (Fsp3) is 0.400. The lowest BCUT2D eigenvalue weighted by atomic mass is 10.2. The summed E-state index contributed by atoms with van der Waals surface area (Å²) >= 11 is 0. The largest absolute Gasteiger partial charge is 0.352 e. The van der Waals surface area contributed by atoms with Crippen LogP contribution in [0.2, 0.25) is 0 Å². The smallest absolute Gasteiger partial charge is 0.251 e. The van der Waals surface area contributed by atoms with Crippen molar-refractivity contribution >= 4 is 17.7 Å². The maximum atomic E-state index is 11.9. The standard InChI is InChI=1S/C15H21N3O3/c1-10(2)17-13(19)9-16-14(20)11(3)18-15(21)12-7-5-4-6-8-12/h4-8,10-11H,9H2,1-3H3,(H,16,20)(H,17,19)(H,18,21). The van der Waals surface area contributed by atoms with Crippen molar-refractivity contribution in [3.63, 3.8) is 0 Å². The zero-order chi connectivity index (χ0) is 15.8. The van der Waals surface area contributed by atoms with Crippen molar-refractivity contribution in [1.29, 1.82) is 0 Å². The topological polar surface area (TPSA) is 87.3 Å². The number of carbonyl (C=O) groups excluding carboxylic acids is 3. The number of hydrogen-bond acceptors (Lipinski definition) is 3. The van der Waals surface area contributed by atoms with Gasteiger partial charge in [-0.15, -0.1) is 0 Å². The molecule has 0 aliphatic rings. The van der Waals surface area contributed by atoms with E-state index in [1.54, 1.807) is 37.3 Å². The van der Waals surface area contributed by atoms with Gasteiger partial charge in [-0.25, -0.2) is 0 Å². The van der Waals surface area contributed by atoms with Crippen LogP contribution >= 0.6 is 0 Å². The van der Waals surface area contributed by atoms with Crippen LogP contribution in [0.15, 0.2) is 30.3 Å². The summed E-state index contributed by atoms with van der Waals surface area (Å²) < 4.78 is 0. The van der Waals surface area contributed by atoms with Crippen molar-refractivity contribution in [1.82, 2.24) is 16.0 Å². The third-order valence-corrected chi connectivity index (χ3v) is 2.65. The summed E-state index contributed by atoms with van der Waals surface area (Å²) in [4.78, 5) is 35.1. The second kappa shape index (κ2) is 8.04. The Kier molecular flexibility index (Phi) is 6.39. The molecule has 1 unspecified atom stereocenters. The van der Waals surface area contributed by atoms with Gasteiger partial charge in [0.05, 0.1) is 6.54 Å². The van der Waals surface area contributed by atoms with Gasteiger partial charge in [0.1, 0.15) is 6.04 Å². The van der Waals surface area contributed by atoms with Gasteiger partial charge < -0.3 is 16.0 Å². The highest BCUT2D eigenvalue weighted by molar-refractivity contribution is 5.97. The summed E-state index contributed by atoms with van der Waals surface area (Å²) in [7, 11) is 0. The van der Waals surface area contributed by atoms with Crippen LogP contribution in [-0.2, 0) is 9.59 Å². The van der Waals surface area contributed by atoms with Gasteiger partial charge in [0.2, 0.25) is 11.8 Å². The molecular formula is C15H21N3O3. The molecule has 0 radical (unpaired) electrons. The Morgan fingerprint density at radius 3 is 2.19 bits per heavy atom. The van der Waals surface area contributed by atoms with E-state index in [1.807, 2.05) is 13.8 Å². The fourth-order valence-electron chi connectivity index (χ4n) is 1.63. The lowest BCUT2D eigenvalue weighted by Crippen LogP contribution is -2.48. The monoisotopic (exact) mass is 291 g/mol. The van der Waals surface area contributed by atoms with Gasteiger partial charge >= 0.3 is 0 Å². The molecule has 6 nitrogen and oxygen atoms in total. The van der Waals surface area contributed by atoms with Crippen molar-refractivity contribution in [2.45, 2.75) is 32.9 Å². The second-order valence-electron chi connectivity index (χ2n) is 5.00. The molecule has 1 aromatic rings. The molecule has 0 heterocycles. The molecule has 0 spiro atoms. The van der Waals surface area contributed by atoms with E-state index < -0.39 is 11.9 Å². The Morgan fingerprint density at radius 2 is 1.62 bits per heavy atom. The lowest BCUT2D eigenvalue weighted by molar-refractivity contribution is -0.127. The minimum atomic E-state index is -0.718. The van der Waals surface area contributed by atoms with Crippen molar-refractivity contribution in [3.05, 3.63) is 35.9 Å². The molecule has 0 aliphatic carbocycles. The van der Waals surface area contributed by atoms with Gasteiger partial charge in [-0.05, 0) is 32.9 Å². The Labute approximate surface area is 124 Å². The highest BCUT2D eigenvalue weighted by atomic mass is 16.2. The number of benzene rings is 1. The van der Waals surface area contributed by atoms with Gasteiger partial charge in [0.15, 0.2) is 0 Å². The van der Waals surface area contributed by atoms with Crippen molar-refractivity contribution in [2.24, 2.45) is 0 Å². The molecule has 1 aromatic carbocycles. The predicted octanol–water partition coefficient (Wildman–Crippen LogP) is 0.446. The van der Waals surface area contributed by atoms with Gasteiger partial charge in [-0.3, -0.25) is 14.4 Å². The molecule has 0 aromatic heterocycles. The van der Waals surface area contributed by atoms with Crippen molar-refractivity contribution in [2.75, 3.05) is 6.54 Å². The Hall–Kier alpha value is -2.37. The summed E-state index contributed by atoms with van der Waals surface area (Å²) in [5.74, 6) is -0.997. The number of carbonyl (C=O) groups is 3. The first-order valence-electron chi connectivity index (χ1n) is 6.83. The van der Waals surface area contributed by atoms with Crippen LogP contribution in [0.5, 0.6) is 0 Å². The molecular weight excluding hydrogens is 270 g/mol. The molecule has 0 aliphatic heterocycles. The number of hydrogen-bond donors (Lipinski definition) is 3. The minimum absolute atomic E-state index is 0.0182. The third-order valence-electron chi connectivity index (χ3n) is 2.65. The van der Waals surface area contributed by atoms with Gasteiger partial charge in [0, 0.05) is 11.6 Å². The first-order valence-corrected chi connectivity index (χ1v) is 6.83. The average molecular weight is 291 g/mol. The fourth-order valence-corrected chi connectivity index (χ4v) is 1.63. The summed E-state index contributed by atoms with van der Waals surface area (Å²) in [6, 6.07) is 7.92. The first-order chi connectivity index (χ1) is 9.90. The quantitative estimate of drug-likeness (QED) is 0.711. The van der Waals surface area contributed by atoms with E-state index >= 15 is 0 Å². The lowest BCUT2D eigenvalue weighted by Gasteiger charge is -2.14. The van der Waals surface area contributed by atoms with E-state index in [-0.39, 0.29) is 24.4 Å². The zero-order valence-electron chi connectivity index (χ0n) is 12.5. The summed E-state index contributed by atoms with van der Waals surface area (Å²) in [6.45, 7) is 5.13. The van der Waals surface area contributed by atoms with Crippen LogP contribution in [0.1, 0.15) is 31.1 Å². The normalized spacial score (nSPS) is 11.6. The van der Waals surface area contributed by atoms with Crippen molar-refractivity contribution < 1.29 is 14.4 Å². The maximum absolute atomic E-state index is 11.9. The van der Waals surface area contributed by atoms with Crippen LogP contribution in [0, 0.1) is 0 Å². The molecule has 0 bridgehead atoms. The minimum Gasteiger partial charge on any atom is -0.352 e. The molecule has 0 saturated heterocycles. The van der Waals surface area contributed by atoms with Crippen LogP contribution < -0.4 is 16.0 Å². The number of nitrogens with one attached hydrogen (secondary N) is 3. The van der Waals surface area contributed by atoms with E-state index in [0.29, 0.717) is 5.56 Å². The van der Waals surface area contributed by atoms with E-state index in [1.165, 1.54) is 0 Å². The van der Waals surface area contributed by atoms with E-state index in [2.05, 4.69) is 16.0 Å². The summed E-state index contributed by atoms with van der Waals surface area (Å²) in [5.41, 5.74) is 0.481. The molecule has 114 valence electrons. The van der Waals surface area contributed by atoms with Crippen LogP contribution in [0.3, 0.4) is 0 Å². The molecule has 6 heteroatoms. The van der Waals surface area contributed by atoms with Crippen molar-refractivity contribution in [3.8, 4) is 0 Å². The SMILES string of the molecule is CC(C)NC(=O)CNC(=O)C(C)NC(=O)c1ccccc1. The predicted molar refractivity (Wildman–Crippen MR) is 79.7 cm³/mol. The van der Waals surface area contributed by atoms with E-state index in [0.717, 1.165) is 0 Å².